The summed E-state index contributed by atoms with van der Waals surface area (Å²) in [7, 11) is 3.70. The zero-order valence-corrected chi connectivity index (χ0v) is 9.69. The number of hydrogen-bond donors (Lipinski definition) is 2. The molecule has 5 heteroatoms. The van der Waals surface area contributed by atoms with Gasteiger partial charge in [0.15, 0.2) is 0 Å². The van der Waals surface area contributed by atoms with Gasteiger partial charge in [-0.15, -0.1) is 0 Å². The number of nitrogen functional groups attached to an aromatic ring is 1. The average Bonchev–Trinajstić information content (AvgIpc) is 2.25. The second-order valence-electron chi connectivity index (χ2n) is 3.58. The van der Waals surface area contributed by atoms with E-state index in [1.165, 1.54) is 0 Å². The lowest BCUT2D eigenvalue weighted by Gasteiger charge is -2.11. The number of nitrogens with zero attached hydrogens (tertiary/aromatic N) is 2. The molecule has 1 amide bonds. The van der Waals surface area contributed by atoms with Crippen LogP contribution in [0.4, 0.5) is 5.69 Å². The van der Waals surface area contributed by atoms with Gasteiger partial charge in [-0.2, -0.15) is 5.10 Å². The van der Waals surface area contributed by atoms with Crippen molar-refractivity contribution in [3.8, 4) is 0 Å². The third-order valence-electron chi connectivity index (χ3n) is 2.17. The Morgan fingerprint density at radius 1 is 1.38 bits per heavy atom. The topological polar surface area (TPSA) is 70.7 Å². The van der Waals surface area contributed by atoms with Gasteiger partial charge in [-0.25, -0.2) is 5.43 Å². The highest BCUT2D eigenvalue weighted by Gasteiger charge is 2.07. The maximum absolute atomic E-state index is 11.7. The van der Waals surface area contributed by atoms with Crippen LogP contribution in [-0.4, -0.2) is 30.7 Å². The zero-order valence-electron chi connectivity index (χ0n) is 9.69. The van der Waals surface area contributed by atoms with Crippen molar-refractivity contribution in [1.29, 1.82) is 0 Å². The minimum absolute atomic E-state index is 0.306. The number of benzene rings is 1. The summed E-state index contributed by atoms with van der Waals surface area (Å²) in [4.78, 5) is 13.5. The second-order valence-corrected chi connectivity index (χ2v) is 3.58. The van der Waals surface area contributed by atoms with Crippen LogP contribution < -0.4 is 11.2 Å². The van der Waals surface area contributed by atoms with E-state index in [0.29, 0.717) is 17.1 Å². The molecule has 1 aromatic carbocycles. The molecule has 0 spiro atoms. The fraction of sp³-hybridized carbons (Fsp3) is 0.273. The smallest absolute Gasteiger partial charge is 0.273 e. The Balaban J connectivity index is 2.74. The molecule has 0 saturated carbocycles. The van der Waals surface area contributed by atoms with Crippen molar-refractivity contribution in [1.82, 2.24) is 10.3 Å². The van der Waals surface area contributed by atoms with Crippen LogP contribution in [0.5, 0.6) is 0 Å². The molecule has 0 fully saturated rings. The summed E-state index contributed by atoms with van der Waals surface area (Å²) in [5, 5.41) is 3.93. The lowest BCUT2D eigenvalue weighted by Crippen LogP contribution is -2.25. The monoisotopic (exact) mass is 220 g/mol. The first kappa shape index (κ1) is 12.0. The molecule has 86 valence electrons. The number of rotatable bonds is 2. The van der Waals surface area contributed by atoms with Crippen LogP contribution in [0.3, 0.4) is 0 Å². The minimum atomic E-state index is -0.306. The highest BCUT2D eigenvalue weighted by atomic mass is 16.2. The summed E-state index contributed by atoms with van der Waals surface area (Å²) in [6, 6.07) is 6.87. The number of nitrogens with two attached hydrogens (primary N) is 1. The van der Waals surface area contributed by atoms with Gasteiger partial charge in [0.1, 0.15) is 5.84 Å². The zero-order chi connectivity index (χ0) is 12.1. The first-order valence-corrected chi connectivity index (χ1v) is 4.89. The van der Waals surface area contributed by atoms with E-state index in [-0.39, 0.29) is 5.91 Å². The number of nitrogens with one attached hydrogen (secondary N) is 1. The molecule has 3 N–H and O–H groups in total. The van der Waals surface area contributed by atoms with E-state index in [2.05, 4.69) is 10.5 Å². The van der Waals surface area contributed by atoms with Crippen molar-refractivity contribution in [3.05, 3.63) is 29.8 Å². The van der Waals surface area contributed by atoms with Crippen LogP contribution in [0.1, 0.15) is 17.3 Å². The van der Waals surface area contributed by atoms with Gasteiger partial charge in [0, 0.05) is 19.8 Å². The number of amides is 1. The highest BCUT2D eigenvalue weighted by molar-refractivity contribution is 5.99. The van der Waals surface area contributed by atoms with Crippen molar-refractivity contribution in [2.75, 3.05) is 19.8 Å². The van der Waals surface area contributed by atoms with Gasteiger partial charge < -0.3 is 10.6 Å². The molecule has 0 heterocycles. The highest BCUT2D eigenvalue weighted by Crippen LogP contribution is 2.09. The first-order valence-electron chi connectivity index (χ1n) is 4.89. The lowest BCUT2D eigenvalue weighted by molar-refractivity contribution is 0.0955. The molecule has 5 nitrogen and oxygen atoms in total. The second kappa shape index (κ2) is 5.16. The molecule has 0 aliphatic heterocycles. The van der Waals surface area contributed by atoms with Crippen molar-refractivity contribution in [3.63, 3.8) is 0 Å². The summed E-state index contributed by atoms with van der Waals surface area (Å²) in [6.45, 7) is 1.80. The van der Waals surface area contributed by atoms with Gasteiger partial charge in [0.25, 0.3) is 5.91 Å². The van der Waals surface area contributed by atoms with E-state index in [0.717, 1.165) is 0 Å². The molecule has 0 bridgehead atoms. The van der Waals surface area contributed by atoms with E-state index < -0.39 is 0 Å². The first-order chi connectivity index (χ1) is 7.52. The van der Waals surface area contributed by atoms with Crippen LogP contribution in [0.15, 0.2) is 29.4 Å². The molecule has 0 aliphatic rings. The molecule has 0 aromatic heterocycles. The van der Waals surface area contributed by atoms with E-state index >= 15 is 0 Å². The fourth-order valence-corrected chi connectivity index (χ4v) is 0.996. The number of carbonyl (C=O) groups excluding carboxylic acids is 1. The van der Waals surface area contributed by atoms with Crippen LogP contribution in [0.2, 0.25) is 0 Å². The number of hydrogen-bond acceptors (Lipinski definition) is 3. The summed E-state index contributed by atoms with van der Waals surface area (Å²) in [5.74, 6) is 0.405. The van der Waals surface area contributed by atoms with Crippen molar-refractivity contribution in [2.45, 2.75) is 6.92 Å². The molecule has 16 heavy (non-hydrogen) atoms. The van der Waals surface area contributed by atoms with Crippen molar-refractivity contribution in [2.24, 2.45) is 5.10 Å². The third kappa shape index (κ3) is 2.98. The Morgan fingerprint density at radius 2 is 2.00 bits per heavy atom. The molecule has 1 rings (SSSR count). The Bertz CT molecular complexity index is 412. The average molecular weight is 220 g/mol. The number of amidine groups is 1. The van der Waals surface area contributed by atoms with Gasteiger partial charge in [-0.3, -0.25) is 4.79 Å². The fourth-order valence-electron chi connectivity index (χ4n) is 0.996. The minimum Gasteiger partial charge on any atom is -0.398 e. The summed E-state index contributed by atoms with van der Waals surface area (Å²) >= 11 is 0. The van der Waals surface area contributed by atoms with Gasteiger partial charge in [0.2, 0.25) is 0 Å². The van der Waals surface area contributed by atoms with Crippen LogP contribution in [0.25, 0.3) is 0 Å². The Morgan fingerprint density at radius 3 is 2.56 bits per heavy atom. The van der Waals surface area contributed by atoms with E-state index in [1.54, 1.807) is 36.1 Å². The summed E-state index contributed by atoms with van der Waals surface area (Å²) in [6.07, 6.45) is 0. The lowest BCUT2D eigenvalue weighted by atomic mass is 10.2. The molecule has 0 saturated heterocycles. The molecule has 0 unspecified atom stereocenters. The molecule has 1 aromatic rings. The van der Waals surface area contributed by atoms with E-state index in [9.17, 15) is 4.79 Å². The normalized spacial score (nSPS) is 11.1. The van der Waals surface area contributed by atoms with Gasteiger partial charge >= 0.3 is 0 Å². The van der Waals surface area contributed by atoms with Crippen molar-refractivity contribution < 1.29 is 4.79 Å². The Kier molecular flexibility index (Phi) is 3.88. The van der Waals surface area contributed by atoms with Gasteiger partial charge in [-0.1, -0.05) is 12.1 Å². The van der Waals surface area contributed by atoms with Gasteiger partial charge in [-0.05, 0) is 19.1 Å². The standard InChI is InChI=1S/C11H16N4O/c1-8(15(2)3)13-14-11(16)9-6-4-5-7-10(9)12/h4-7H,12H2,1-3H3,(H,14,16)/b13-8+. The maximum Gasteiger partial charge on any atom is 0.273 e. The molecular formula is C11H16N4O. The predicted molar refractivity (Wildman–Crippen MR) is 65.1 cm³/mol. The van der Waals surface area contributed by atoms with Crippen LogP contribution in [-0.2, 0) is 0 Å². The quantitative estimate of drug-likeness (QED) is 0.336. The molecular weight excluding hydrogens is 204 g/mol. The number of anilines is 1. The molecule has 0 atom stereocenters. The molecule has 0 aliphatic carbocycles. The number of carbonyl (C=O) groups is 1. The summed E-state index contributed by atoms with van der Waals surface area (Å²) in [5.41, 5.74) is 8.99. The third-order valence-corrected chi connectivity index (χ3v) is 2.17. The Hall–Kier alpha value is -2.04. The van der Waals surface area contributed by atoms with Crippen LogP contribution >= 0.6 is 0 Å². The number of para-hydroxylation sites is 1. The molecule has 0 radical (unpaired) electrons. The van der Waals surface area contributed by atoms with E-state index in [4.69, 9.17) is 5.73 Å². The van der Waals surface area contributed by atoms with E-state index in [1.807, 2.05) is 14.1 Å². The SMILES string of the molecule is C/C(=N\NC(=O)c1ccccc1N)N(C)C. The van der Waals surface area contributed by atoms with Crippen LogP contribution in [0, 0.1) is 0 Å². The predicted octanol–water partition coefficient (Wildman–Crippen LogP) is 0.894. The van der Waals surface area contributed by atoms with Gasteiger partial charge in [0.05, 0.1) is 5.56 Å². The largest absolute Gasteiger partial charge is 0.398 e. The summed E-state index contributed by atoms with van der Waals surface area (Å²) < 4.78 is 0. The number of hydrazone groups is 1. The Labute approximate surface area is 94.9 Å². The maximum atomic E-state index is 11.7. The van der Waals surface area contributed by atoms with Crippen molar-refractivity contribution >= 4 is 17.4 Å².